The van der Waals surface area contributed by atoms with Crippen LogP contribution in [0.2, 0.25) is 0 Å². The van der Waals surface area contributed by atoms with Crippen LogP contribution in [0.1, 0.15) is 36.8 Å². The Balaban J connectivity index is 1.91. The zero-order valence-electron chi connectivity index (χ0n) is 12.6. The number of nitrogens with zero attached hydrogens (tertiary/aromatic N) is 2. The van der Waals surface area contributed by atoms with Crippen molar-refractivity contribution in [3.8, 4) is 0 Å². The Bertz CT molecular complexity index is 569. The molecule has 2 aromatic rings. The Morgan fingerprint density at radius 1 is 1.29 bits per heavy atom. The molecule has 1 unspecified atom stereocenters. The maximum atomic E-state index is 5.95. The minimum Gasteiger partial charge on any atom is -0.276 e. The molecular formula is C17H24N4. The zero-order valence-corrected chi connectivity index (χ0v) is 12.6. The molecule has 4 heteroatoms. The molecule has 112 valence electrons. The smallest absolute Gasteiger partial charge is 0.0522 e. The van der Waals surface area contributed by atoms with E-state index in [1.807, 2.05) is 17.9 Å². The predicted octanol–water partition coefficient (Wildman–Crippen LogP) is 2.31. The van der Waals surface area contributed by atoms with Crippen molar-refractivity contribution in [2.24, 2.45) is 12.9 Å². The highest BCUT2D eigenvalue weighted by Crippen LogP contribution is 2.44. The quantitative estimate of drug-likeness (QED) is 0.654. The molecule has 0 amide bonds. The van der Waals surface area contributed by atoms with E-state index in [1.54, 1.807) is 0 Å². The fourth-order valence-electron chi connectivity index (χ4n) is 3.84. The van der Waals surface area contributed by atoms with Crippen LogP contribution in [0.5, 0.6) is 0 Å². The summed E-state index contributed by atoms with van der Waals surface area (Å²) in [5.74, 6) is 5.95. The van der Waals surface area contributed by atoms with Gasteiger partial charge in [0.15, 0.2) is 0 Å². The molecule has 1 fully saturated rings. The van der Waals surface area contributed by atoms with E-state index in [0.29, 0.717) is 0 Å². The second-order valence-electron chi connectivity index (χ2n) is 6.17. The van der Waals surface area contributed by atoms with E-state index in [0.717, 1.165) is 6.42 Å². The van der Waals surface area contributed by atoms with Crippen molar-refractivity contribution >= 4 is 0 Å². The van der Waals surface area contributed by atoms with Crippen molar-refractivity contribution in [3.05, 3.63) is 53.9 Å². The second kappa shape index (κ2) is 6.00. The molecule has 1 saturated carbocycles. The Labute approximate surface area is 126 Å². The summed E-state index contributed by atoms with van der Waals surface area (Å²) in [5.41, 5.74) is 5.90. The number of hydrogen-bond donors (Lipinski definition) is 2. The Morgan fingerprint density at radius 2 is 2.00 bits per heavy atom. The van der Waals surface area contributed by atoms with Crippen molar-refractivity contribution in [1.82, 2.24) is 15.2 Å². The average Bonchev–Trinajstić information content (AvgIpc) is 3.15. The number of hydrazine groups is 1. The fraction of sp³-hybridized carbons (Fsp3) is 0.471. The first-order valence-corrected chi connectivity index (χ1v) is 7.74. The molecule has 0 aliphatic heterocycles. The number of aryl methyl sites for hydroxylation is 1. The third kappa shape index (κ3) is 2.74. The number of nitrogens with two attached hydrogens (primary N) is 1. The molecule has 3 N–H and O–H groups in total. The maximum Gasteiger partial charge on any atom is 0.0522 e. The number of rotatable bonds is 5. The van der Waals surface area contributed by atoms with Crippen molar-refractivity contribution in [1.29, 1.82) is 0 Å². The fourth-order valence-corrected chi connectivity index (χ4v) is 3.84. The van der Waals surface area contributed by atoms with E-state index in [1.165, 1.54) is 36.8 Å². The van der Waals surface area contributed by atoms with Crippen LogP contribution in [-0.2, 0) is 18.9 Å². The number of aromatic nitrogens is 2. The third-order valence-electron chi connectivity index (χ3n) is 4.91. The van der Waals surface area contributed by atoms with E-state index in [4.69, 9.17) is 5.84 Å². The largest absolute Gasteiger partial charge is 0.276 e. The standard InChI is InChI=1S/C17H24N4/c1-21-13-14(12-19-21)11-16(20-18)17(9-5-6-10-17)15-7-3-2-4-8-15/h2-4,7-8,12-13,16,20H,5-6,9-11,18H2,1H3. The Kier molecular flexibility index (Phi) is 4.08. The van der Waals surface area contributed by atoms with Crippen LogP contribution in [0.25, 0.3) is 0 Å². The van der Waals surface area contributed by atoms with Crippen molar-refractivity contribution in [2.75, 3.05) is 0 Å². The number of nitrogens with one attached hydrogen (secondary N) is 1. The molecule has 3 rings (SSSR count). The van der Waals surface area contributed by atoms with Gasteiger partial charge in [-0.2, -0.15) is 5.10 Å². The molecular weight excluding hydrogens is 260 g/mol. The summed E-state index contributed by atoms with van der Waals surface area (Å²) in [7, 11) is 1.96. The first-order valence-electron chi connectivity index (χ1n) is 7.74. The predicted molar refractivity (Wildman–Crippen MR) is 84.6 cm³/mol. The molecule has 0 radical (unpaired) electrons. The first-order chi connectivity index (χ1) is 10.2. The lowest BCUT2D eigenvalue weighted by Crippen LogP contribution is -2.51. The van der Waals surface area contributed by atoms with Gasteiger partial charge in [0.05, 0.1) is 6.20 Å². The van der Waals surface area contributed by atoms with Crippen molar-refractivity contribution in [2.45, 2.75) is 43.6 Å². The first kappa shape index (κ1) is 14.3. The summed E-state index contributed by atoms with van der Waals surface area (Å²) in [6, 6.07) is 11.1. The minimum absolute atomic E-state index is 0.145. The van der Waals surface area contributed by atoms with Gasteiger partial charge in [0.1, 0.15) is 0 Å². The molecule has 1 aromatic heterocycles. The molecule has 0 spiro atoms. The van der Waals surface area contributed by atoms with Gasteiger partial charge >= 0.3 is 0 Å². The molecule has 0 bridgehead atoms. The lowest BCUT2D eigenvalue weighted by atomic mass is 9.71. The monoisotopic (exact) mass is 284 g/mol. The van der Waals surface area contributed by atoms with Gasteiger partial charge in [-0.15, -0.1) is 0 Å². The van der Waals surface area contributed by atoms with Crippen LogP contribution in [0.15, 0.2) is 42.7 Å². The highest BCUT2D eigenvalue weighted by Gasteiger charge is 2.42. The zero-order chi connectivity index (χ0) is 14.7. The topological polar surface area (TPSA) is 55.9 Å². The van der Waals surface area contributed by atoms with Gasteiger partial charge < -0.3 is 0 Å². The lowest BCUT2D eigenvalue weighted by molar-refractivity contribution is 0.296. The summed E-state index contributed by atoms with van der Waals surface area (Å²) >= 11 is 0. The molecule has 1 atom stereocenters. The highest BCUT2D eigenvalue weighted by atomic mass is 15.3. The summed E-state index contributed by atoms with van der Waals surface area (Å²) in [4.78, 5) is 0. The minimum atomic E-state index is 0.145. The van der Waals surface area contributed by atoms with Crippen LogP contribution >= 0.6 is 0 Å². The summed E-state index contributed by atoms with van der Waals surface area (Å²) < 4.78 is 1.85. The van der Waals surface area contributed by atoms with E-state index >= 15 is 0 Å². The highest BCUT2D eigenvalue weighted by molar-refractivity contribution is 5.30. The molecule has 4 nitrogen and oxygen atoms in total. The van der Waals surface area contributed by atoms with Crippen LogP contribution in [0.4, 0.5) is 0 Å². The Hall–Kier alpha value is -1.65. The van der Waals surface area contributed by atoms with Crippen LogP contribution < -0.4 is 11.3 Å². The van der Waals surface area contributed by atoms with Gasteiger partial charge in [0.2, 0.25) is 0 Å². The van der Waals surface area contributed by atoms with Gasteiger partial charge in [-0.3, -0.25) is 16.0 Å². The third-order valence-corrected chi connectivity index (χ3v) is 4.91. The summed E-state index contributed by atoms with van der Waals surface area (Å²) in [6.07, 6.45) is 9.90. The summed E-state index contributed by atoms with van der Waals surface area (Å²) in [5, 5.41) is 4.27. The molecule has 0 saturated heterocycles. The normalized spacial score (nSPS) is 18.8. The Morgan fingerprint density at radius 3 is 2.57 bits per heavy atom. The van der Waals surface area contributed by atoms with Crippen LogP contribution in [-0.4, -0.2) is 15.8 Å². The number of hydrogen-bond acceptors (Lipinski definition) is 3. The van der Waals surface area contributed by atoms with Crippen LogP contribution in [0.3, 0.4) is 0 Å². The van der Waals surface area contributed by atoms with Gasteiger partial charge in [0.25, 0.3) is 0 Å². The van der Waals surface area contributed by atoms with Gasteiger partial charge in [-0.05, 0) is 30.4 Å². The van der Waals surface area contributed by atoms with E-state index in [2.05, 4.69) is 47.1 Å². The lowest BCUT2D eigenvalue weighted by Gasteiger charge is -2.38. The van der Waals surface area contributed by atoms with E-state index in [-0.39, 0.29) is 11.5 Å². The molecule has 1 aromatic carbocycles. The SMILES string of the molecule is Cn1cc(CC(NN)C2(c3ccccc3)CCCC2)cn1. The van der Waals surface area contributed by atoms with Gasteiger partial charge in [0, 0.05) is 24.7 Å². The summed E-state index contributed by atoms with van der Waals surface area (Å²) in [6.45, 7) is 0. The number of benzene rings is 1. The molecule has 1 aliphatic carbocycles. The molecule has 21 heavy (non-hydrogen) atoms. The van der Waals surface area contributed by atoms with E-state index in [9.17, 15) is 0 Å². The van der Waals surface area contributed by atoms with E-state index < -0.39 is 0 Å². The van der Waals surface area contributed by atoms with Crippen molar-refractivity contribution in [3.63, 3.8) is 0 Å². The van der Waals surface area contributed by atoms with Gasteiger partial charge in [-0.1, -0.05) is 43.2 Å². The maximum absolute atomic E-state index is 5.95. The molecule has 1 heterocycles. The van der Waals surface area contributed by atoms with Crippen LogP contribution in [0, 0.1) is 0 Å². The molecule has 1 aliphatic rings. The average molecular weight is 284 g/mol. The van der Waals surface area contributed by atoms with Crippen molar-refractivity contribution < 1.29 is 0 Å². The van der Waals surface area contributed by atoms with Gasteiger partial charge in [-0.25, -0.2) is 0 Å². The second-order valence-corrected chi connectivity index (χ2v) is 6.17.